The molecule has 88 valence electrons. The Morgan fingerprint density at radius 3 is 2.87 bits per heavy atom. The molecule has 1 amide bonds. The quantitative estimate of drug-likeness (QED) is 0.699. The number of likely N-dealkylation sites (tertiary alicyclic amines) is 1. The zero-order valence-electron chi connectivity index (χ0n) is 10.2. The first-order chi connectivity index (χ1) is 7.15. The van der Waals surface area contributed by atoms with Gasteiger partial charge < -0.3 is 9.64 Å². The third-order valence-electron chi connectivity index (χ3n) is 2.99. The lowest BCUT2D eigenvalue weighted by Crippen LogP contribution is -2.38. The molecule has 0 saturated carbocycles. The number of nitrogens with zero attached hydrogens (tertiary/aromatic N) is 1. The SMILES string of the molecule is COCC1CCCN1C(=O)CCC(C)C. The van der Waals surface area contributed by atoms with Crippen molar-refractivity contribution in [1.82, 2.24) is 4.90 Å². The summed E-state index contributed by atoms with van der Waals surface area (Å²) >= 11 is 0. The van der Waals surface area contributed by atoms with Gasteiger partial charge in [-0.25, -0.2) is 0 Å². The van der Waals surface area contributed by atoms with Crippen molar-refractivity contribution in [1.29, 1.82) is 0 Å². The van der Waals surface area contributed by atoms with Crippen LogP contribution in [0.4, 0.5) is 0 Å². The van der Waals surface area contributed by atoms with Crippen LogP contribution >= 0.6 is 0 Å². The molecule has 0 aliphatic carbocycles. The summed E-state index contributed by atoms with van der Waals surface area (Å²) in [5.74, 6) is 0.917. The predicted molar refractivity (Wildman–Crippen MR) is 60.7 cm³/mol. The summed E-state index contributed by atoms with van der Waals surface area (Å²) in [7, 11) is 1.70. The van der Waals surface area contributed by atoms with E-state index in [0.29, 0.717) is 30.9 Å². The molecule has 3 heteroatoms. The molecule has 1 fully saturated rings. The number of carbonyl (C=O) groups is 1. The highest BCUT2D eigenvalue weighted by atomic mass is 16.5. The predicted octanol–water partition coefficient (Wildman–Crippen LogP) is 2.06. The van der Waals surface area contributed by atoms with Crippen LogP contribution in [0.2, 0.25) is 0 Å². The molecular weight excluding hydrogens is 190 g/mol. The number of hydrogen-bond donors (Lipinski definition) is 0. The van der Waals surface area contributed by atoms with Gasteiger partial charge in [0.2, 0.25) is 5.91 Å². The van der Waals surface area contributed by atoms with Gasteiger partial charge in [-0.2, -0.15) is 0 Å². The molecule has 1 unspecified atom stereocenters. The van der Waals surface area contributed by atoms with Crippen LogP contribution in [-0.4, -0.2) is 37.1 Å². The maximum atomic E-state index is 11.9. The lowest BCUT2D eigenvalue weighted by atomic mass is 10.1. The number of hydrogen-bond acceptors (Lipinski definition) is 2. The number of methoxy groups -OCH3 is 1. The van der Waals surface area contributed by atoms with Crippen LogP contribution in [0.5, 0.6) is 0 Å². The topological polar surface area (TPSA) is 29.5 Å². The van der Waals surface area contributed by atoms with Gasteiger partial charge in [-0.15, -0.1) is 0 Å². The van der Waals surface area contributed by atoms with Gasteiger partial charge in [0.05, 0.1) is 12.6 Å². The van der Waals surface area contributed by atoms with Crippen LogP contribution < -0.4 is 0 Å². The van der Waals surface area contributed by atoms with E-state index in [2.05, 4.69) is 13.8 Å². The van der Waals surface area contributed by atoms with Crippen LogP contribution in [0, 0.1) is 5.92 Å². The van der Waals surface area contributed by atoms with Gasteiger partial charge in [-0.3, -0.25) is 4.79 Å². The summed E-state index contributed by atoms with van der Waals surface area (Å²) in [6.45, 7) is 5.92. The van der Waals surface area contributed by atoms with Crippen molar-refractivity contribution in [2.45, 2.75) is 45.6 Å². The number of rotatable bonds is 5. The zero-order chi connectivity index (χ0) is 11.3. The van der Waals surface area contributed by atoms with Crippen LogP contribution in [0.25, 0.3) is 0 Å². The van der Waals surface area contributed by atoms with Gasteiger partial charge in [-0.1, -0.05) is 13.8 Å². The Morgan fingerprint density at radius 1 is 1.53 bits per heavy atom. The Bertz CT molecular complexity index is 204. The first-order valence-electron chi connectivity index (χ1n) is 5.93. The summed E-state index contributed by atoms with van der Waals surface area (Å²) in [6.07, 6.45) is 3.91. The molecule has 0 spiro atoms. The fourth-order valence-corrected chi connectivity index (χ4v) is 2.09. The summed E-state index contributed by atoms with van der Waals surface area (Å²) in [5, 5.41) is 0. The van der Waals surface area contributed by atoms with E-state index in [1.165, 1.54) is 0 Å². The molecule has 1 saturated heterocycles. The minimum Gasteiger partial charge on any atom is -0.383 e. The highest BCUT2D eigenvalue weighted by molar-refractivity contribution is 5.76. The van der Waals surface area contributed by atoms with Crippen LogP contribution in [-0.2, 0) is 9.53 Å². The van der Waals surface area contributed by atoms with Crippen molar-refractivity contribution < 1.29 is 9.53 Å². The molecule has 1 rings (SSSR count). The van der Waals surface area contributed by atoms with Gasteiger partial charge in [0, 0.05) is 20.1 Å². The molecule has 1 heterocycles. The molecule has 3 nitrogen and oxygen atoms in total. The minimum atomic E-state index is 0.309. The Hall–Kier alpha value is -0.570. The summed E-state index contributed by atoms with van der Waals surface area (Å²) < 4.78 is 5.14. The first-order valence-corrected chi connectivity index (χ1v) is 5.93. The maximum absolute atomic E-state index is 11.9. The Labute approximate surface area is 92.8 Å². The standard InChI is InChI=1S/C12H23NO2/c1-10(2)6-7-12(14)13-8-4-5-11(13)9-15-3/h10-11H,4-9H2,1-3H3. The summed E-state index contributed by atoms with van der Waals surface area (Å²) in [5.41, 5.74) is 0. The van der Waals surface area contributed by atoms with Crippen molar-refractivity contribution in [2.75, 3.05) is 20.3 Å². The molecule has 15 heavy (non-hydrogen) atoms. The van der Waals surface area contributed by atoms with Gasteiger partial charge in [-0.05, 0) is 25.2 Å². The maximum Gasteiger partial charge on any atom is 0.222 e. The second kappa shape index (κ2) is 6.11. The van der Waals surface area contributed by atoms with E-state index in [0.717, 1.165) is 25.8 Å². The molecule has 0 radical (unpaired) electrons. The number of ether oxygens (including phenoxy) is 1. The van der Waals surface area contributed by atoms with Gasteiger partial charge in [0.25, 0.3) is 0 Å². The van der Waals surface area contributed by atoms with E-state index in [1.54, 1.807) is 7.11 Å². The lowest BCUT2D eigenvalue weighted by molar-refractivity contribution is -0.133. The lowest BCUT2D eigenvalue weighted by Gasteiger charge is -2.24. The largest absolute Gasteiger partial charge is 0.383 e. The average molecular weight is 213 g/mol. The zero-order valence-corrected chi connectivity index (χ0v) is 10.2. The van der Waals surface area contributed by atoms with E-state index in [1.807, 2.05) is 4.90 Å². The van der Waals surface area contributed by atoms with Crippen LogP contribution in [0.15, 0.2) is 0 Å². The van der Waals surface area contributed by atoms with Crippen molar-refractivity contribution in [3.05, 3.63) is 0 Å². The third-order valence-corrected chi connectivity index (χ3v) is 2.99. The van der Waals surface area contributed by atoms with Gasteiger partial charge in [0.15, 0.2) is 0 Å². The van der Waals surface area contributed by atoms with Crippen molar-refractivity contribution in [2.24, 2.45) is 5.92 Å². The fraction of sp³-hybridized carbons (Fsp3) is 0.917. The first kappa shape index (κ1) is 12.5. The normalized spacial score (nSPS) is 21.3. The smallest absolute Gasteiger partial charge is 0.222 e. The molecule has 1 aliphatic heterocycles. The number of carbonyl (C=O) groups excluding carboxylic acids is 1. The highest BCUT2D eigenvalue weighted by Crippen LogP contribution is 2.19. The molecule has 0 aromatic rings. The molecule has 0 aromatic heterocycles. The Kier molecular flexibility index (Phi) is 5.09. The highest BCUT2D eigenvalue weighted by Gasteiger charge is 2.27. The van der Waals surface area contributed by atoms with Gasteiger partial charge >= 0.3 is 0 Å². The second-order valence-electron chi connectivity index (χ2n) is 4.77. The summed E-state index contributed by atoms with van der Waals surface area (Å²) in [6, 6.07) is 0.328. The monoisotopic (exact) mass is 213 g/mol. The Balaban J connectivity index is 2.36. The van der Waals surface area contributed by atoms with E-state index in [-0.39, 0.29) is 0 Å². The number of amides is 1. The third kappa shape index (κ3) is 3.82. The molecule has 0 N–H and O–H groups in total. The van der Waals surface area contributed by atoms with Crippen molar-refractivity contribution in [3.63, 3.8) is 0 Å². The molecule has 0 aromatic carbocycles. The molecule has 1 atom stereocenters. The average Bonchev–Trinajstić information content (AvgIpc) is 2.63. The van der Waals surface area contributed by atoms with Crippen molar-refractivity contribution >= 4 is 5.91 Å². The van der Waals surface area contributed by atoms with E-state index in [9.17, 15) is 4.79 Å². The van der Waals surface area contributed by atoms with Crippen molar-refractivity contribution in [3.8, 4) is 0 Å². The van der Waals surface area contributed by atoms with Crippen LogP contribution in [0.1, 0.15) is 39.5 Å². The fourth-order valence-electron chi connectivity index (χ4n) is 2.09. The van der Waals surface area contributed by atoms with Crippen LogP contribution in [0.3, 0.4) is 0 Å². The molecule has 1 aliphatic rings. The van der Waals surface area contributed by atoms with E-state index < -0.39 is 0 Å². The van der Waals surface area contributed by atoms with E-state index in [4.69, 9.17) is 4.74 Å². The van der Waals surface area contributed by atoms with Gasteiger partial charge in [0.1, 0.15) is 0 Å². The molecular formula is C12H23NO2. The summed E-state index contributed by atoms with van der Waals surface area (Å²) in [4.78, 5) is 13.9. The van der Waals surface area contributed by atoms with E-state index >= 15 is 0 Å². The minimum absolute atomic E-state index is 0.309. The molecule has 0 bridgehead atoms. The Morgan fingerprint density at radius 2 is 2.27 bits per heavy atom. The second-order valence-corrected chi connectivity index (χ2v) is 4.77.